The maximum absolute atomic E-state index is 8.60. The number of nitrogens with zero attached hydrogens (tertiary/aromatic N) is 1. The van der Waals surface area contributed by atoms with Gasteiger partial charge >= 0.3 is 0 Å². The van der Waals surface area contributed by atoms with E-state index < -0.39 is 0 Å². The van der Waals surface area contributed by atoms with Gasteiger partial charge in [-0.2, -0.15) is 5.26 Å². The van der Waals surface area contributed by atoms with Crippen LogP contribution in [0.2, 0.25) is 0 Å². The Morgan fingerprint density at radius 2 is 2.09 bits per heavy atom. The lowest BCUT2D eigenvalue weighted by atomic mass is 10.1. The summed E-state index contributed by atoms with van der Waals surface area (Å²) in [5.41, 5.74) is 6.54. The lowest BCUT2D eigenvalue weighted by Gasteiger charge is -1.98. The van der Waals surface area contributed by atoms with Crippen LogP contribution < -0.4 is 5.73 Å². The molecule has 0 heterocycles. The van der Waals surface area contributed by atoms with Gasteiger partial charge in [0.25, 0.3) is 0 Å². The molecule has 11 heavy (non-hydrogen) atoms. The molecule has 1 aromatic rings. The molecule has 0 atom stereocenters. The minimum atomic E-state index is 0.266. The van der Waals surface area contributed by atoms with Gasteiger partial charge in [-0.15, -0.1) is 0 Å². The molecule has 0 aliphatic carbocycles. The molecule has 2 N–H and O–H groups in total. The van der Waals surface area contributed by atoms with Gasteiger partial charge in [0, 0.05) is 5.56 Å². The van der Waals surface area contributed by atoms with Crippen molar-refractivity contribution in [2.75, 3.05) is 0 Å². The average molecular weight is 162 g/mol. The molecule has 0 unspecified atom stereocenters. The van der Waals surface area contributed by atoms with Crippen LogP contribution in [0.25, 0.3) is 0 Å². The first kappa shape index (κ1) is 7.70. The zero-order chi connectivity index (χ0) is 8.27. The Bertz CT molecular complexity index is 325. The highest BCUT2D eigenvalue weighted by Crippen LogP contribution is 2.05. The van der Waals surface area contributed by atoms with E-state index in [9.17, 15) is 0 Å². The SMILES string of the molecule is N#Cc1ccccc1C(N)=S. The molecule has 0 saturated carbocycles. The van der Waals surface area contributed by atoms with E-state index >= 15 is 0 Å². The molecule has 2 nitrogen and oxygen atoms in total. The third-order valence-corrected chi connectivity index (χ3v) is 1.53. The van der Waals surface area contributed by atoms with Crippen molar-refractivity contribution in [1.29, 1.82) is 5.26 Å². The van der Waals surface area contributed by atoms with Crippen LogP contribution in [0.1, 0.15) is 11.1 Å². The van der Waals surface area contributed by atoms with Crippen molar-refractivity contribution >= 4 is 17.2 Å². The smallest absolute Gasteiger partial charge is 0.105 e. The summed E-state index contributed by atoms with van der Waals surface area (Å²) in [5.74, 6) is 0. The van der Waals surface area contributed by atoms with Gasteiger partial charge in [-0.1, -0.05) is 30.4 Å². The molecule has 0 aromatic heterocycles. The minimum absolute atomic E-state index is 0.266. The van der Waals surface area contributed by atoms with Gasteiger partial charge < -0.3 is 5.73 Å². The molecule has 0 fully saturated rings. The first-order valence-corrected chi connectivity index (χ1v) is 3.45. The van der Waals surface area contributed by atoms with E-state index in [-0.39, 0.29) is 4.99 Å². The monoisotopic (exact) mass is 162 g/mol. The van der Waals surface area contributed by atoms with Crippen LogP contribution in [-0.2, 0) is 0 Å². The molecule has 0 bridgehead atoms. The Labute approximate surface area is 70.3 Å². The standard InChI is InChI=1S/C8H6N2S/c9-5-6-3-1-2-4-7(6)8(10)11/h1-4H,(H2,10,11). The number of rotatable bonds is 1. The van der Waals surface area contributed by atoms with E-state index in [1.54, 1.807) is 24.3 Å². The molecule has 0 radical (unpaired) electrons. The average Bonchev–Trinajstić information content (AvgIpc) is 2.04. The Hall–Kier alpha value is -1.40. The number of nitrogens with two attached hydrogens (primary N) is 1. The quantitative estimate of drug-likeness (QED) is 0.631. The van der Waals surface area contributed by atoms with Crippen LogP contribution >= 0.6 is 12.2 Å². The van der Waals surface area contributed by atoms with Gasteiger partial charge in [0.2, 0.25) is 0 Å². The van der Waals surface area contributed by atoms with Crippen LogP contribution in [-0.4, -0.2) is 4.99 Å². The van der Waals surface area contributed by atoms with Gasteiger partial charge in [0.15, 0.2) is 0 Å². The Morgan fingerprint density at radius 3 is 2.55 bits per heavy atom. The second-order valence-electron chi connectivity index (χ2n) is 2.02. The second kappa shape index (κ2) is 3.13. The number of thiocarbonyl (C=S) groups is 1. The molecule has 0 aliphatic heterocycles. The Kier molecular flexibility index (Phi) is 2.19. The predicted octanol–water partition coefficient (Wildman–Crippen LogP) is 1.19. The summed E-state index contributed by atoms with van der Waals surface area (Å²) in [4.78, 5) is 0.266. The second-order valence-corrected chi connectivity index (χ2v) is 2.46. The predicted molar refractivity (Wildman–Crippen MR) is 47.0 cm³/mol. The summed E-state index contributed by atoms with van der Waals surface area (Å²) in [6.07, 6.45) is 0. The van der Waals surface area contributed by atoms with Gasteiger partial charge in [0.05, 0.1) is 11.6 Å². The van der Waals surface area contributed by atoms with Gasteiger partial charge in [0.1, 0.15) is 4.99 Å². The van der Waals surface area contributed by atoms with Crippen molar-refractivity contribution in [3.8, 4) is 6.07 Å². The van der Waals surface area contributed by atoms with Gasteiger partial charge in [-0.25, -0.2) is 0 Å². The van der Waals surface area contributed by atoms with Crippen molar-refractivity contribution < 1.29 is 0 Å². The number of hydrogen-bond acceptors (Lipinski definition) is 2. The molecule has 0 aliphatic rings. The largest absolute Gasteiger partial charge is 0.389 e. The Balaban J connectivity index is 3.26. The van der Waals surface area contributed by atoms with Crippen LogP contribution in [0.3, 0.4) is 0 Å². The summed E-state index contributed by atoms with van der Waals surface area (Å²) in [5, 5.41) is 8.60. The van der Waals surface area contributed by atoms with Gasteiger partial charge in [-0.3, -0.25) is 0 Å². The third-order valence-electron chi connectivity index (χ3n) is 1.31. The molecule has 54 valence electrons. The van der Waals surface area contributed by atoms with Crippen LogP contribution in [0.4, 0.5) is 0 Å². The summed E-state index contributed by atoms with van der Waals surface area (Å²) in [6, 6.07) is 9.01. The molecule has 0 spiro atoms. The van der Waals surface area contributed by atoms with Crippen molar-refractivity contribution in [3.63, 3.8) is 0 Å². The highest BCUT2D eigenvalue weighted by Gasteiger charge is 2.00. The maximum atomic E-state index is 8.60. The van der Waals surface area contributed by atoms with Crippen LogP contribution in [0, 0.1) is 11.3 Å². The third kappa shape index (κ3) is 1.54. The molecule has 0 saturated heterocycles. The summed E-state index contributed by atoms with van der Waals surface area (Å²) >= 11 is 4.74. The zero-order valence-electron chi connectivity index (χ0n) is 5.74. The lowest BCUT2D eigenvalue weighted by Crippen LogP contribution is -2.10. The van der Waals surface area contributed by atoms with E-state index in [2.05, 4.69) is 0 Å². The topological polar surface area (TPSA) is 49.8 Å². The molecule has 3 heteroatoms. The number of hydrogen-bond donors (Lipinski definition) is 1. The van der Waals surface area contributed by atoms with E-state index in [1.807, 2.05) is 6.07 Å². The van der Waals surface area contributed by atoms with E-state index in [0.29, 0.717) is 11.1 Å². The molecule has 1 rings (SSSR count). The fraction of sp³-hybridized carbons (Fsp3) is 0. The van der Waals surface area contributed by atoms with Crippen molar-refractivity contribution in [3.05, 3.63) is 35.4 Å². The summed E-state index contributed by atoms with van der Waals surface area (Å²) in [7, 11) is 0. The zero-order valence-corrected chi connectivity index (χ0v) is 6.56. The number of nitriles is 1. The Morgan fingerprint density at radius 1 is 1.45 bits per heavy atom. The highest BCUT2D eigenvalue weighted by atomic mass is 32.1. The van der Waals surface area contributed by atoms with E-state index in [0.717, 1.165) is 0 Å². The molecule has 1 aromatic carbocycles. The van der Waals surface area contributed by atoms with E-state index in [4.69, 9.17) is 23.2 Å². The fourth-order valence-corrected chi connectivity index (χ4v) is 0.973. The highest BCUT2D eigenvalue weighted by molar-refractivity contribution is 7.80. The van der Waals surface area contributed by atoms with Crippen molar-refractivity contribution in [2.45, 2.75) is 0 Å². The fourth-order valence-electron chi connectivity index (χ4n) is 0.795. The summed E-state index contributed by atoms with van der Waals surface area (Å²) in [6.45, 7) is 0. The summed E-state index contributed by atoms with van der Waals surface area (Å²) < 4.78 is 0. The van der Waals surface area contributed by atoms with Crippen LogP contribution in [0.5, 0.6) is 0 Å². The molecular formula is C8H6N2S. The molecular weight excluding hydrogens is 156 g/mol. The van der Waals surface area contributed by atoms with Crippen molar-refractivity contribution in [2.24, 2.45) is 5.73 Å². The van der Waals surface area contributed by atoms with Gasteiger partial charge in [-0.05, 0) is 6.07 Å². The normalized spacial score (nSPS) is 8.64. The number of benzene rings is 1. The van der Waals surface area contributed by atoms with E-state index in [1.165, 1.54) is 0 Å². The minimum Gasteiger partial charge on any atom is -0.389 e. The van der Waals surface area contributed by atoms with Crippen molar-refractivity contribution in [1.82, 2.24) is 0 Å². The first-order valence-electron chi connectivity index (χ1n) is 3.04. The molecule has 0 amide bonds. The first-order chi connectivity index (χ1) is 5.25. The lowest BCUT2D eigenvalue weighted by molar-refractivity contribution is 1.47. The maximum Gasteiger partial charge on any atom is 0.105 e. The van der Waals surface area contributed by atoms with Crippen LogP contribution in [0.15, 0.2) is 24.3 Å².